The van der Waals surface area contributed by atoms with Crippen LogP contribution >= 0.6 is 0 Å². The Balaban J connectivity index is 3.35. The molecule has 0 aromatic heterocycles. The van der Waals surface area contributed by atoms with E-state index in [4.69, 9.17) is 16.9 Å². The van der Waals surface area contributed by atoms with E-state index in [0.29, 0.717) is 5.56 Å². The highest BCUT2D eigenvalue weighted by Gasteiger charge is 2.37. The van der Waals surface area contributed by atoms with Crippen molar-refractivity contribution in [2.24, 2.45) is 23.3 Å². The summed E-state index contributed by atoms with van der Waals surface area (Å²) in [6, 6.07) is -12.7. The van der Waals surface area contributed by atoms with Crippen LogP contribution in [-0.2, 0) is 107 Å². The second-order valence-electron chi connectivity index (χ2n) is 26.2. The zero-order valence-corrected chi connectivity index (χ0v) is 62.6. The predicted molar refractivity (Wildman–Crippen MR) is 386 cm³/mol. The number of aliphatic hydroxyl groups excluding tert-OH is 1. The van der Waals surface area contributed by atoms with Gasteiger partial charge in [0, 0.05) is 32.2 Å². The zero-order valence-electron chi connectivity index (χ0n) is 62.6. The summed E-state index contributed by atoms with van der Waals surface area (Å²) in [6.45, 7) is 4.20. The first-order valence-electron chi connectivity index (χ1n) is 35.0. The van der Waals surface area contributed by atoms with Crippen molar-refractivity contribution in [1.82, 2.24) is 85.1 Å². The van der Waals surface area contributed by atoms with Crippen LogP contribution in [0.2, 0.25) is 0 Å². The number of carbonyl (C=O) groups excluding carboxylic acids is 15. The van der Waals surface area contributed by atoms with Gasteiger partial charge in [-0.2, -0.15) is 0 Å². The van der Waals surface area contributed by atoms with Gasteiger partial charge in [0.2, 0.25) is 88.6 Å². The third-order valence-corrected chi connectivity index (χ3v) is 15.7. The second-order valence-corrected chi connectivity index (χ2v) is 26.2. The number of hydrogen-bond acceptors (Lipinski definition) is 24. The monoisotopic (exact) mass is 1610 g/mol. The number of carboxylic acid groups (broad SMARTS) is 6. The number of benzene rings is 1. The molecule has 113 heavy (non-hydrogen) atoms. The van der Waals surface area contributed by atoms with E-state index < -0.39 is 299 Å². The number of carbonyl (C=O) groups is 21. The van der Waals surface area contributed by atoms with E-state index in [0.717, 1.165) is 6.92 Å². The largest absolute Gasteiger partial charge is 0.481 e. The normalized spacial score (nSPS) is 14.0. The summed E-state index contributed by atoms with van der Waals surface area (Å²) in [7, 11) is 0. The van der Waals surface area contributed by atoms with Crippen molar-refractivity contribution < 1.29 is 136 Å². The van der Waals surface area contributed by atoms with Crippen LogP contribution in [0.4, 0.5) is 0 Å². The van der Waals surface area contributed by atoms with Crippen LogP contribution in [0.15, 0.2) is 30.3 Å². The fraction of sp³-hybridized carbons (Fsp3) is 0.576. The summed E-state index contributed by atoms with van der Waals surface area (Å²) < 4.78 is 0. The number of nitrogens with one attached hydrogen (secondary N) is 17. The van der Waals surface area contributed by atoms with Gasteiger partial charge in [-0.3, -0.25) is 101 Å². The minimum Gasteiger partial charge on any atom is -0.481 e. The molecule has 0 saturated carbocycles. The zero-order chi connectivity index (χ0) is 85.9. The highest BCUT2D eigenvalue weighted by molar-refractivity contribution is 6.01. The van der Waals surface area contributed by atoms with Crippen LogP contribution in [0.25, 0.3) is 0 Å². The lowest BCUT2D eigenvalue weighted by atomic mass is 10.0. The van der Waals surface area contributed by atoms with Crippen LogP contribution in [0.5, 0.6) is 0 Å². The first-order chi connectivity index (χ1) is 52.8. The third-order valence-electron chi connectivity index (χ3n) is 15.7. The Morgan fingerprint density at radius 3 is 1.22 bits per heavy atom. The van der Waals surface area contributed by atoms with Gasteiger partial charge in [0.15, 0.2) is 5.96 Å². The van der Waals surface area contributed by atoms with Gasteiger partial charge in [0.05, 0.1) is 51.7 Å². The summed E-state index contributed by atoms with van der Waals surface area (Å²) in [5, 5.41) is 110. The minimum atomic E-state index is -2.19. The van der Waals surface area contributed by atoms with Gasteiger partial charge < -0.3 is 132 Å². The predicted octanol–water partition coefficient (Wildman–Crippen LogP) is -10.0. The number of carboxylic acids is 6. The Morgan fingerprint density at radius 1 is 0.381 bits per heavy atom. The molecule has 0 radical (unpaired) electrons. The van der Waals surface area contributed by atoms with Gasteiger partial charge in [-0.25, -0.2) is 4.79 Å². The van der Waals surface area contributed by atoms with Gasteiger partial charge >= 0.3 is 35.8 Å². The molecule has 0 bridgehead atoms. The highest BCUT2D eigenvalue weighted by Crippen LogP contribution is 2.12. The lowest BCUT2D eigenvalue weighted by molar-refractivity contribution is -0.143. The number of amides is 15. The first-order valence-corrected chi connectivity index (χ1v) is 35.0. The van der Waals surface area contributed by atoms with E-state index in [1.807, 2.05) is 10.6 Å². The molecule has 28 N–H and O–H groups in total. The summed E-state index contributed by atoms with van der Waals surface area (Å²) in [5.74, 6) is -27.8. The van der Waals surface area contributed by atoms with Crippen LogP contribution < -0.4 is 96.5 Å². The SMILES string of the molecule is CC(C)C[C@H](NC(=O)[C@H](Cc1ccccc1)NC(=O)[C@H](CC(=O)O)NC(=O)[C@H](CCC(=O)O)NC(=O)[C@H](CCC(=O)O)NC(=O)CNC(=O)[C@H](CO)NC(=O)[C@H](CC(=O)O)NC(=O)[C@H](C)N)C(=O)N[C@@H](C)C(=O)N[C@@H](CCC(=O)O)C(=O)NCC(=O)NCC(=O)NCC(=O)N[C@H](C(=O)N[C@@H](CCCNC(=N)N)C(=O)O)C(C)C. The molecule has 0 aliphatic rings. The average Bonchev–Trinajstić information content (AvgIpc) is 0.850. The molecule has 0 unspecified atom stereocenters. The molecule has 12 atom stereocenters. The first kappa shape index (κ1) is 98.3. The molecule has 0 aliphatic heterocycles. The van der Waals surface area contributed by atoms with Crippen LogP contribution in [0.3, 0.4) is 0 Å². The van der Waals surface area contributed by atoms with Crippen molar-refractivity contribution in [2.75, 3.05) is 39.3 Å². The van der Waals surface area contributed by atoms with E-state index >= 15 is 0 Å². The van der Waals surface area contributed by atoms with Gasteiger partial charge in [-0.05, 0) is 69.8 Å². The summed E-state index contributed by atoms with van der Waals surface area (Å²) >= 11 is 0. The van der Waals surface area contributed by atoms with Gasteiger partial charge in [-0.15, -0.1) is 0 Å². The Kier molecular flexibility index (Phi) is 44.3. The minimum absolute atomic E-state index is 0.0601. The van der Waals surface area contributed by atoms with Crippen LogP contribution in [0, 0.1) is 17.2 Å². The standard InChI is InChI=1S/C66H101N19O28/c1-30(2)21-39(60(107)75-33(6)55(102)77-35(14-17-48(91)92)56(103)73-26-45(88)71-25-44(87)72-27-47(90)85-53(31(3)4)64(111)79-38(65(112)113)13-10-20-70-66(68)69)81-61(108)40(22-34-11-8-7-9-12-34)82-62(109)42(24-52(99)100)83-59(106)37(16-19-50(95)96)78-58(105)36(15-18-49(93)94)76-46(89)28-74-57(104)43(29-86)84-63(110)41(23-51(97)98)80-54(101)32(5)67/h7-9,11-12,30-33,35-43,53,86H,10,13-29,67H2,1-6H3,(H,71,88)(H,72,87)(H,73,103)(H,74,104)(H,75,107)(H,76,89)(H,77,102)(H,78,105)(H,79,111)(H,80,101)(H,81,108)(H,82,109)(H,83,106)(H,84,110)(H,85,90)(H,91,92)(H,93,94)(H,95,96)(H,97,98)(H,99,100)(H,112,113)(H4,68,69,70)/t32-,33-,35-,36-,37-,38-,39-,40-,41-,42-,43-,53-/m0/s1. The maximum atomic E-state index is 14.4. The van der Waals surface area contributed by atoms with Gasteiger partial charge in [0.25, 0.3) is 0 Å². The van der Waals surface area contributed by atoms with E-state index in [2.05, 4.69) is 74.4 Å². The number of guanidine groups is 1. The summed E-state index contributed by atoms with van der Waals surface area (Å²) in [6.07, 6.45) is -7.46. The van der Waals surface area contributed by atoms with E-state index in [1.54, 1.807) is 33.8 Å². The molecule has 0 heterocycles. The Labute approximate surface area is 644 Å². The molecule has 1 rings (SSSR count). The Morgan fingerprint density at radius 2 is 0.761 bits per heavy atom. The van der Waals surface area contributed by atoms with Crippen molar-refractivity contribution >= 4 is 130 Å². The Hall–Kier alpha value is -12.7. The molecule has 47 nitrogen and oxygen atoms in total. The topological polar surface area (TPSA) is 768 Å². The fourth-order valence-corrected chi connectivity index (χ4v) is 9.79. The van der Waals surface area contributed by atoms with E-state index in [-0.39, 0.29) is 31.8 Å². The van der Waals surface area contributed by atoms with Crippen molar-refractivity contribution in [3.8, 4) is 0 Å². The molecule has 15 amide bonds. The van der Waals surface area contributed by atoms with Gasteiger partial charge in [0.1, 0.15) is 66.5 Å². The molecule has 0 aliphatic carbocycles. The molecule has 0 saturated heterocycles. The number of aliphatic carboxylic acids is 6. The number of nitrogens with two attached hydrogens (primary N) is 2. The molecule has 1 aromatic carbocycles. The lowest BCUT2D eigenvalue weighted by Gasteiger charge is -2.28. The van der Waals surface area contributed by atoms with Crippen molar-refractivity contribution in [1.29, 1.82) is 5.41 Å². The maximum absolute atomic E-state index is 14.4. The second kappa shape index (κ2) is 50.9. The smallest absolute Gasteiger partial charge is 0.326 e. The molecular weight excluding hydrogens is 1510 g/mol. The summed E-state index contributed by atoms with van der Waals surface area (Å²) in [4.78, 5) is 271. The van der Waals surface area contributed by atoms with E-state index in [9.17, 15) is 136 Å². The average molecular weight is 1610 g/mol. The number of aliphatic hydroxyl groups is 1. The van der Waals surface area contributed by atoms with Crippen molar-refractivity contribution in [2.45, 2.75) is 191 Å². The fourth-order valence-electron chi connectivity index (χ4n) is 9.79. The van der Waals surface area contributed by atoms with E-state index in [1.165, 1.54) is 31.2 Å². The van der Waals surface area contributed by atoms with Crippen molar-refractivity contribution in [3.05, 3.63) is 35.9 Å². The number of rotatable bonds is 54. The number of hydrogen-bond donors (Lipinski definition) is 26. The molecule has 0 spiro atoms. The lowest BCUT2D eigenvalue weighted by Crippen LogP contribution is -2.60. The van der Waals surface area contributed by atoms with Crippen LogP contribution in [-0.4, -0.2) is 278 Å². The molecule has 628 valence electrons. The van der Waals surface area contributed by atoms with Crippen molar-refractivity contribution in [3.63, 3.8) is 0 Å². The van der Waals surface area contributed by atoms with Gasteiger partial charge in [-0.1, -0.05) is 58.0 Å². The molecular formula is C66H101N19O28. The Bertz CT molecular complexity index is 3580. The maximum Gasteiger partial charge on any atom is 0.326 e. The molecule has 0 fully saturated rings. The third kappa shape index (κ3) is 41.1. The summed E-state index contributed by atoms with van der Waals surface area (Å²) in [5.41, 5.74) is 11.0. The van der Waals surface area contributed by atoms with Crippen LogP contribution in [0.1, 0.15) is 118 Å². The highest BCUT2D eigenvalue weighted by atomic mass is 16.4. The quantitative estimate of drug-likeness (QED) is 0.0164. The molecule has 47 heteroatoms. The molecule has 1 aromatic rings.